The molecule has 6 heteroatoms. The standard InChI is InChI=1S/C21H16Br2N2O.C7H8O/c22-14-6-8-20-18(10-14)19-11-15(23)7-9-21(19)25(20)12-16(24)13-26-17-4-2-1-3-5-17;8-6-7-4-2-1-3-5-7/h1-11,24H,12-13H2;1-5,8H,6H2. The quantitative estimate of drug-likeness (QED) is 0.203. The zero-order valence-corrected chi connectivity index (χ0v) is 21.6. The number of nitrogens with one attached hydrogen (secondary N) is 1. The van der Waals surface area contributed by atoms with Gasteiger partial charge in [0.1, 0.15) is 12.4 Å². The Morgan fingerprint density at radius 1 is 0.765 bits per heavy atom. The van der Waals surface area contributed by atoms with Crippen molar-refractivity contribution in [2.45, 2.75) is 13.2 Å². The number of aliphatic hydroxyl groups excluding tert-OH is 1. The Morgan fingerprint density at radius 3 is 1.79 bits per heavy atom. The first kappa shape index (κ1) is 24.2. The van der Waals surface area contributed by atoms with Crippen LogP contribution in [0.2, 0.25) is 0 Å². The first-order chi connectivity index (χ1) is 16.5. The van der Waals surface area contributed by atoms with E-state index in [0.29, 0.717) is 12.3 Å². The summed E-state index contributed by atoms with van der Waals surface area (Å²) in [4.78, 5) is 0. The second kappa shape index (κ2) is 11.5. The van der Waals surface area contributed by atoms with Gasteiger partial charge in [-0.15, -0.1) is 0 Å². The summed E-state index contributed by atoms with van der Waals surface area (Å²) in [7, 11) is 0. The number of fused-ring (bicyclic) bond motifs is 3. The second-order valence-electron chi connectivity index (χ2n) is 7.76. The van der Waals surface area contributed by atoms with Crippen molar-refractivity contribution in [3.05, 3.63) is 112 Å². The van der Waals surface area contributed by atoms with Gasteiger partial charge >= 0.3 is 0 Å². The van der Waals surface area contributed by atoms with Crippen LogP contribution in [0.3, 0.4) is 0 Å². The molecule has 34 heavy (non-hydrogen) atoms. The number of hydrogen-bond acceptors (Lipinski definition) is 3. The van der Waals surface area contributed by atoms with Crippen LogP contribution in [-0.4, -0.2) is 22.0 Å². The van der Waals surface area contributed by atoms with Crippen molar-refractivity contribution in [3.8, 4) is 5.75 Å². The first-order valence-electron chi connectivity index (χ1n) is 10.8. The smallest absolute Gasteiger partial charge is 0.127 e. The van der Waals surface area contributed by atoms with Crippen LogP contribution in [0.15, 0.2) is 106 Å². The van der Waals surface area contributed by atoms with Crippen LogP contribution in [0.25, 0.3) is 21.8 Å². The molecule has 0 aliphatic rings. The minimum absolute atomic E-state index is 0.140. The van der Waals surface area contributed by atoms with E-state index in [4.69, 9.17) is 15.3 Å². The van der Waals surface area contributed by atoms with Crippen LogP contribution in [0.4, 0.5) is 0 Å². The summed E-state index contributed by atoms with van der Waals surface area (Å²) in [6, 6.07) is 31.7. The molecule has 0 saturated carbocycles. The normalized spacial score (nSPS) is 10.7. The molecule has 0 spiro atoms. The van der Waals surface area contributed by atoms with Crippen LogP contribution in [0, 0.1) is 5.41 Å². The maximum atomic E-state index is 8.54. The van der Waals surface area contributed by atoms with Crippen LogP contribution < -0.4 is 4.74 Å². The third-order valence-electron chi connectivity index (χ3n) is 5.32. The molecule has 0 fully saturated rings. The molecule has 5 aromatic rings. The predicted octanol–water partition coefficient (Wildman–Crippen LogP) is 7.60. The Labute approximate surface area is 215 Å². The van der Waals surface area contributed by atoms with Gasteiger partial charge < -0.3 is 19.8 Å². The van der Waals surface area contributed by atoms with Crippen LogP contribution in [-0.2, 0) is 13.2 Å². The lowest BCUT2D eigenvalue weighted by atomic mass is 10.2. The minimum atomic E-state index is 0.140. The summed E-state index contributed by atoms with van der Waals surface area (Å²) >= 11 is 7.13. The number of aliphatic hydroxyl groups is 1. The Hall–Kier alpha value is -2.93. The molecule has 0 radical (unpaired) electrons. The summed E-state index contributed by atoms with van der Waals surface area (Å²) in [5.74, 6) is 0.785. The number of hydrogen-bond donors (Lipinski definition) is 2. The van der Waals surface area contributed by atoms with E-state index in [0.717, 1.165) is 31.3 Å². The summed E-state index contributed by atoms with van der Waals surface area (Å²) < 4.78 is 10.0. The fourth-order valence-corrected chi connectivity index (χ4v) is 4.45. The number of benzene rings is 4. The molecule has 2 N–H and O–H groups in total. The topological polar surface area (TPSA) is 58.2 Å². The van der Waals surface area contributed by atoms with Crippen LogP contribution >= 0.6 is 31.9 Å². The molecule has 0 saturated heterocycles. The maximum absolute atomic E-state index is 8.54. The maximum Gasteiger partial charge on any atom is 0.127 e. The van der Waals surface area contributed by atoms with Gasteiger partial charge in [0, 0.05) is 30.8 Å². The molecule has 0 amide bonds. The molecule has 1 aromatic heterocycles. The van der Waals surface area contributed by atoms with E-state index in [-0.39, 0.29) is 13.2 Å². The minimum Gasteiger partial charge on any atom is -0.488 e. The lowest BCUT2D eigenvalue weighted by molar-refractivity contribution is 0.282. The van der Waals surface area contributed by atoms with Crippen molar-refractivity contribution in [1.29, 1.82) is 5.41 Å². The number of ether oxygens (including phenoxy) is 1. The average molecular weight is 580 g/mol. The van der Waals surface area contributed by atoms with E-state index < -0.39 is 0 Å². The number of para-hydroxylation sites is 1. The Kier molecular flexibility index (Phi) is 8.16. The molecule has 0 bridgehead atoms. The Bertz CT molecular complexity index is 1340. The first-order valence-corrected chi connectivity index (χ1v) is 12.4. The predicted molar refractivity (Wildman–Crippen MR) is 147 cm³/mol. The lowest BCUT2D eigenvalue weighted by Gasteiger charge is -2.10. The fourth-order valence-electron chi connectivity index (χ4n) is 3.73. The molecule has 0 aliphatic carbocycles. The number of nitrogens with zero attached hydrogens (tertiary/aromatic N) is 1. The molecule has 0 unspecified atom stereocenters. The van der Waals surface area contributed by atoms with Gasteiger partial charge in [-0.25, -0.2) is 0 Å². The van der Waals surface area contributed by atoms with E-state index in [1.807, 2.05) is 72.8 Å². The third-order valence-corrected chi connectivity index (χ3v) is 6.31. The van der Waals surface area contributed by atoms with Crippen molar-refractivity contribution in [3.63, 3.8) is 0 Å². The van der Waals surface area contributed by atoms with Gasteiger partial charge in [-0.3, -0.25) is 0 Å². The molecular weight excluding hydrogens is 556 g/mol. The molecule has 0 atom stereocenters. The molecule has 0 aliphatic heterocycles. The highest BCUT2D eigenvalue weighted by Gasteiger charge is 2.13. The van der Waals surface area contributed by atoms with Gasteiger partial charge in [-0.05, 0) is 54.1 Å². The summed E-state index contributed by atoms with van der Waals surface area (Å²) in [6.45, 7) is 0.912. The third kappa shape index (κ3) is 5.95. The summed E-state index contributed by atoms with van der Waals surface area (Å²) in [5, 5.41) is 19.3. The number of aromatic nitrogens is 1. The van der Waals surface area contributed by atoms with Crippen molar-refractivity contribution >= 4 is 59.4 Å². The van der Waals surface area contributed by atoms with Crippen molar-refractivity contribution < 1.29 is 9.84 Å². The SMILES string of the molecule is N=C(COc1ccccc1)Cn1c2ccc(Br)cc2c2cc(Br)ccc21.OCc1ccccc1. The molecular formula is C28H24Br2N2O2. The molecule has 1 heterocycles. The molecule has 4 aromatic carbocycles. The highest BCUT2D eigenvalue weighted by atomic mass is 79.9. The zero-order valence-electron chi connectivity index (χ0n) is 18.4. The molecule has 172 valence electrons. The second-order valence-corrected chi connectivity index (χ2v) is 9.59. The number of rotatable bonds is 6. The Balaban J connectivity index is 0.000000291. The Morgan fingerprint density at radius 2 is 1.29 bits per heavy atom. The van der Waals surface area contributed by atoms with Gasteiger partial charge in [0.2, 0.25) is 0 Å². The highest BCUT2D eigenvalue weighted by Crippen LogP contribution is 2.33. The fraction of sp³-hybridized carbons (Fsp3) is 0.107. The number of halogens is 2. The molecule has 5 rings (SSSR count). The van der Waals surface area contributed by atoms with Crippen molar-refractivity contribution in [1.82, 2.24) is 4.57 Å². The van der Waals surface area contributed by atoms with E-state index in [1.165, 1.54) is 10.8 Å². The van der Waals surface area contributed by atoms with E-state index in [9.17, 15) is 0 Å². The van der Waals surface area contributed by atoms with Crippen molar-refractivity contribution in [2.75, 3.05) is 6.61 Å². The van der Waals surface area contributed by atoms with Gasteiger partial charge in [-0.2, -0.15) is 0 Å². The van der Waals surface area contributed by atoms with E-state index >= 15 is 0 Å². The largest absolute Gasteiger partial charge is 0.488 e. The van der Waals surface area contributed by atoms with E-state index in [2.05, 4.69) is 60.7 Å². The van der Waals surface area contributed by atoms with Crippen molar-refractivity contribution in [2.24, 2.45) is 0 Å². The molecule has 4 nitrogen and oxygen atoms in total. The zero-order chi connectivity index (χ0) is 23.9. The van der Waals surface area contributed by atoms with Gasteiger partial charge in [0.15, 0.2) is 0 Å². The summed E-state index contributed by atoms with van der Waals surface area (Å²) in [5.41, 5.74) is 3.72. The van der Waals surface area contributed by atoms with Crippen LogP contribution in [0.1, 0.15) is 5.56 Å². The van der Waals surface area contributed by atoms with Gasteiger partial charge in [0.25, 0.3) is 0 Å². The highest BCUT2D eigenvalue weighted by molar-refractivity contribution is 9.10. The lowest BCUT2D eigenvalue weighted by Crippen LogP contribution is -2.17. The van der Waals surface area contributed by atoms with Crippen LogP contribution in [0.5, 0.6) is 5.75 Å². The van der Waals surface area contributed by atoms with Gasteiger partial charge in [-0.1, -0.05) is 80.4 Å². The van der Waals surface area contributed by atoms with Gasteiger partial charge in [0.05, 0.1) is 18.9 Å². The monoisotopic (exact) mass is 578 g/mol. The average Bonchev–Trinajstić information content (AvgIpc) is 3.16. The summed E-state index contributed by atoms with van der Waals surface area (Å²) in [6.07, 6.45) is 0. The van der Waals surface area contributed by atoms with E-state index in [1.54, 1.807) is 0 Å².